The number of guanidine groups is 1. The van der Waals surface area contributed by atoms with Crippen LogP contribution in [0.5, 0.6) is 0 Å². The van der Waals surface area contributed by atoms with Crippen molar-refractivity contribution in [1.82, 2.24) is 25.2 Å². The Labute approximate surface area is 202 Å². The van der Waals surface area contributed by atoms with Crippen LogP contribution in [0.3, 0.4) is 0 Å². The normalized spacial score (nSPS) is 12.4. The summed E-state index contributed by atoms with van der Waals surface area (Å²) in [6, 6.07) is 14.1. The second kappa shape index (κ2) is 11.2. The van der Waals surface area contributed by atoms with Crippen LogP contribution in [-0.2, 0) is 6.54 Å². The van der Waals surface area contributed by atoms with Gasteiger partial charge in [0.15, 0.2) is 5.96 Å². The lowest BCUT2D eigenvalue weighted by Crippen LogP contribution is -2.39. The molecule has 3 aromatic heterocycles. The Morgan fingerprint density at radius 2 is 2.10 bits per heavy atom. The Balaban J connectivity index is 0.00000272. The molecule has 0 aliphatic heterocycles. The maximum absolute atomic E-state index is 10.6. The number of hydrogen-bond acceptors (Lipinski definition) is 5. The number of pyridine rings is 1. The van der Waals surface area contributed by atoms with Crippen molar-refractivity contribution in [2.75, 3.05) is 13.1 Å². The smallest absolute Gasteiger partial charge is 0.191 e. The highest BCUT2D eigenvalue weighted by Crippen LogP contribution is 2.29. The molecule has 0 saturated carbocycles. The molecule has 31 heavy (non-hydrogen) atoms. The molecule has 9 heteroatoms. The molecule has 3 N–H and O–H groups in total. The molecule has 1 atom stereocenters. The third kappa shape index (κ3) is 6.02. The van der Waals surface area contributed by atoms with E-state index in [0.29, 0.717) is 19.0 Å². The number of aromatic nitrogens is 3. The van der Waals surface area contributed by atoms with Gasteiger partial charge in [0, 0.05) is 41.3 Å². The summed E-state index contributed by atoms with van der Waals surface area (Å²) < 4.78 is 3.03. The van der Waals surface area contributed by atoms with Crippen LogP contribution in [0.25, 0.3) is 15.9 Å². The molecule has 4 rings (SSSR count). The zero-order valence-electron chi connectivity index (χ0n) is 17.1. The van der Waals surface area contributed by atoms with Crippen LogP contribution in [0.15, 0.2) is 72.4 Å². The first-order chi connectivity index (χ1) is 14.7. The number of fused-ring (bicyclic) bond motifs is 1. The number of nitrogens with one attached hydrogen (secondary N) is 2. The molecule has 1 unspecified atom stereocenters. The lowest BCUT2D eigenvalue weighted by molar-refractivity contribution is 0.184. The number of hydrogen-bond donors (Lipinski definition) is 3. The fourth-order valence-electron chi connectivity index (χ4n) is 3.03. The van der Waals surface area contributed by atoms with Crippen molar-refractivity contribution in [2.45, 2.75) is 19.6 Å². The van der Waals surface area contributed by atoms with Crippen molar-refractivity contribution >= 4 is 51.4 Å². The Morgan fingerprint density at radius 1 is 1.23 bits per heavy atom. The van der Waals surface area contributed by atoms with E-state index in [4.69, 9.17) is 0 Å². The molecule has 1 aromatic carbocycles. The van der Waals surface area contributed by atoms with E-state index in [1.165, 1.54) is 4.70 Å². The number of rotatable bonds is 7. The molecule has 162 valence electrons. The summed E-state index contributed by atoms with van der Waals surface area (Å²) in [5, 5.41) is 18.2. The molecule has 0 spiro atoms. The van der Waals surface area contributed by atoms with Crippen LogP contribution in [-0.4, -0.2) is 38.7 Å². The van der Waals surface area contributed by atoms with E-state index in [-0.39, 0.29) is 24.0 Å². The lowest BCUT2D eigenvalue weighted by Gasteiger charge is -2.14. The standard InChI is InChI=1S/C22H24N6OS.HI/c1-2-24-22(26-13-16-7-8-21(25-12-16)28-10-9-23-15-28)27-14-18(29)20-11-17-5-3-4-6-19(17)30-20;/h3-12,15,18,29H,2,13-14H2,1H3,(H2,24,26,27);1H. The molecule has 7 nitrogen and oxygen atoms in total. The second-order valence-electron chi connectivity index (χ2n) is 6.77. The highest BCUT2D eigenvalue weighted by atomic mass is 127. The van der Waals surface area contributed by atoms with Gasteiger partial charge >= 0.3 is 0 Å². The number of halogens is 1. The molecule has 0 saturated heterocycles. The fraction of sp³-hybridized carbons (Fsp3) is 0.227. The monoisotopic (exact) mass is 548 g/mol. The number of nitrogens with zero attached hydrogens (tertiary/aromatic N) is 4. The van der Waals surface area contributed by atoms with Crippen molar-refractivity contribution < 1.29 is 5.11 Å². The van der Waals surface area contributed by atoms with E-state index in [2.05, 4.69) is 37.7 Å². The van der Waals surface area contributed by atoms with E-state index >= 15 is 0 Å². The van der Waals surface area contributed by atoms with E-state index in [1.807, 2.05) is 54.2 Å². The van der Waals surface area contributed by atoms with E-state index in [9.17, 15) is 5.11 Å². The highest BCUT2D eigenvalue weighted by molar-refractivity contribution is 14.0. The molecule has 0 fully saturated rings. The largest absolute Gasteiger partial charge is 0.386 e. The van der Waals surface area contributed by atoms with Crippen molar-refractivity contribution in [1.29, 1.82) is 0 Å². The SMILES string of the molecule is CCNC(=NCc1ccc(-n2ccnc2)nc1)NCC(O)c1cc2ccccc2s1.I. The molecule has 3 heterocycles. The quantitative estimate of drug-likeness (QED) is 0.185. The minimum atomic E-state index is -0.595. The van der Waals surface area contributed by atoms with Crippen LogP contribution in [0, 0.1) is 0 Å². The highest BCUT2D eigenvalue weighted by Gasteiger charge is 2.12. The van der Waals surface area contributed by atoms with Gasteiger partial charge in [-0.2, -0.15) is 0 Å². The Hall–Kier alpha value is -2.50. The molecule has 0 aliphatic rings. The van der Waals surface area contributed by atoms with E-state index in [1.54, 1.807) is 23.9 Å². The Kier molecular flexibility index (Phi) is 8.38. The number of aliphatic hydroxyl groups is 1. The summed E-state index contributed by atoms with van der Waals surface area (Å²) in [5.74, 6) is 1.48. The first-order valence-electron chi connectivity index (χ1n) is 9.85. The van der Waals surface area contributed by atoms with Gasteiger partial charge in [0.25, 0.3) is 0 Å². The number of imidazole rings is 1. The summed E-state index contributed by atoms with van der Waals surface area (Å²) in [6.45, 7) is 3.63. The predicted octanol–water partition coefficient (Wildman–Crippen LogP) is 3.89. The number of aliphatic imine (C=N–C) groups is 1. The minimum absolute atomic E-state index is 0. The zero-order chi connectivity index (χ0) is 20.8. The van der Waals surface area contributed by atoms with Gasteiger partial charge < -0.3 is 15.7 Å². The number of thiophene rings is 1. The average molecular weight is 548 g/mol. The molecule has 0 bridgehead atoms. The predicted molar refractivity (Wildman–Crippen MR) is 136 cm³/mol. The van der Waals surface area contributed by atoms with Gasteiger partial charge in [-0.05, 0) is 36.1 Å². The first kappa shape index (κ1) is 23.2. The third-order valence-electron chi connectivity index (χ3n) is 4.58. The lowest BCUT2D eigenvalue weighted by atomic mass is 10.2. The first-order valence-corrected chi connectivity index (χ1v) is 10.7. The van der Waals surface area contributed by atoms with E-state index in [0.717, 1.165) is 28.2 Å². The molecule has 0 aliphatic carbocycles. The van der Waals surface area contributed by atoms with Crippen molar-refractivity contribution in [2.24, 2.45) is 4.99 Å². The van der Waals surface area contributed by atoms with Gasteiger partial charge in [-0.3, -0.25) is 4.57 Å². The summed E-state index contributed by atoms with van der Waals surface area (Å²) >= 11 is 1.62. The maximum atomic E-state index is 10.6. The van der Waals surface area contributed by atoms with Gasteiger partial charge in [0.1, 0.15) is 18.2 Å². The van der Waals surface area contributed by atoms with Crippen LogP contribution >= 0.6 is 35.3 Å². The van der Waals surface area contributed by atoms with Crippen molar-refractivity contribution in [3.8, 4) is 5.82 Å². The third-order valence-corrected chi connectivity index (χ3v) is 5.80. The summed E-state index contributed by atoms with van der Waals surface area (Å²) in [5.41, 5.74) is 1.00. The summed E-state index contributed by atoms with van der Waals surface area (Å²) in [6.07, 6.45) is 6.52. The average Bonchev–Trinajstić information content (AvgIpc) is 3.46. The zero-order valence-corrected chi connectivity index (χ0v) is 20.2. The minimum Gasteiger partial charge on any atom is -0.386 e. The van der Waals surface area contributed by atoms with Gasteiger partial charge in [-0.15, -0.1) is 35.3 Å². The number of benzene rings is 1. The van der Waals surface area contributed by atoms with Crippen molar-refractivity contribution in [3.05, 3.63) is 77.8 Å². The van der Waals surface area contributed by atoms with Crippen LogP contribution in [0.1, 0.15) is 23.5 Å². The molecular formula is C22H25IN6OS. The van der Waals surface area contributed by atoms with Crippen molar-refractivity contribution in [3.63, 3.8) is 0 Å². The van der Waals surface area contributed by atoms with Gasteiger partial charge in [-0.25, -0.2) is 15.0 Å². The summed E-state index contributed by atoms with van der Waals surface area (Å²) in [7, 11) is 0. The van der Waals surface area contributed by atoms with Crippen LogP contribution in [0.2, 0.25) is 0 Å². The fourth-order valence-corrected chi connectivity index (χ4v) is 4.08. The molecule has 4 aromatic rings. The van der Waals surface area contributed by atoms with Gasteiger partial charge in [-0.1, -0.05) is 24.3 Å². The molecule has 0 radical (unpaired) electrons. The maximum Gasteiger partial charge on any atom is 0.191 e. The molecular weight excluding hydrogens is 523 g/mol. The Bertz CT molecular complexity index is 1080. The topological polar surface area (TPSA) is 87.4 Å². The number of aliphatic hydroxyl groups excluding tert-OH is 1. The molecule has 0 amide bonds. The summed E-state index contributed by atoms with van der Waals surface area (Å²) in [4.78, 5) is 14.0. The Morgan fingerprint density at radius 3 is 2.81 bits per heavy atom. The van der Waals surface area contributed by atoms with E-state index < -0.39 is 6.10 Å². The van der Waals surface area contributed by atoms with Gasteiger partial charge in [0.2, 0.25) is 0 Å². The van der Waals surface area contributed by atoms with Gasteiger partial charge in [0.05, 0.1) is 6.54 Å². The second-order valence-corrected chi connectivity index (χ2v) is 7.89. The van der Waals surface area contributed by atoms with Crippen LogP contribution in [0.4, 0.5) is 0 Å². The van der Waals surface area contributed by atoms with Crippen LogP contribution < -0.4 is 10.6 Å².